The molecule has 1 N–H and O–H groups in total. The van der Waals surface area contributed by atoms with E-state index in [1.54, 1.807) is 6.20 Å². The van der Waals surface area contributed by atoms with Gasteiger partial charge >= 0.3 is 0 Å². The lowest BCUT2D eigenvalue weighted by molar-refractivity contribution is -0.117. The van der Waals surface area contributed by atoms with E-state index in [9.17, 15) is 0 Å². The maximum Gasteiger partial charge on any atom is 0.162 e. The molecule has 0 aromatic carbocycles. The summed E-state index contributed by atoms with van der Waals surface area (Å²) in [6.45, 7) is 4.02. The number of halogens is 1. The smallest absolute Gasteiger partial charge is 0.162 e. The van der Waals surface area contributed by atoms with Crippen molar-refractivity contribution < 1.29 is 9.47 Å². The van der Waals surface area contributed by atoms with Gasteiger partial charge in [0.2, 0.25) is 0 Å². The number of anilines is 1. The number of nitrogens with one attached hydrogen (secondary N) is 1. The fourth-order valence-corrected chi connectivity index (χ4v) is 2.56. The Morgan fingerprint density at radius 1 is 1.50 bits per heavy atom. The Hall–Kier alpha value is -0.720. The maximum absolute atomic E-state index is 5.95. The molecule has 1 fully saturated rings. The number of hydrogen-bond acceptors (Lipinski definition) is 5. The molecular weight excluding hydrogens is 298 g/mol. The molecule has 1 aromatic heterocycles. The minimum Gasteiger partial charge on any atom is -0.381 e. The molecule has 2 heterocycles. The van der Waals surface area contributed by atoms with Gasteiger partial charge in [-0.25, -0.2) is 9.97 Å². The Morgan fingerprint density at radius 3 is 2.83 bits per heavy atom. The second-order valence-corrected chi connectivity index (χ2v) is 5.03. The van der Waals surface area contributed by atoms with Crippen molar-refractivity contribution in [1.82, 2.24) is 9.97 Å². The van der Waals surface area contributed by atoms with Gasteiger partial charge in [-0.2, -0.15) is 0 Å². The summed E-state index contributed by atoms with van der Waals surface area (Å²) in [7, 11) is 1.84. The Bertz CT molecular complexity index is 403. The van der Waals surface area contributed by atoms with Crippen molar-refractivity contribution in [2.45, 2.75) is 25.4 Å². The van der Waals surface area contributed by atoms with Crippen molar-refractivity contribution in [2.75, 3.05) is 32.2 Å². The van der Waals surface area contributed by atoms with E-state index in [4.69, 9.17) is 9.47 Å². The van der Waals surface area contributed by atoms with Crippen LogP contribution in [0.25, 0.3) is 0 Å². The van der Waals surface area contributed by atoms with E-state index in [-0.39, 0.29) is 0 Å². The number of rotatable bonds is 4. The molecule has 2 rings (SSSR count). The zero-order chi connectivity index (χ0) is 13.0. The number of ether oxygens (including phenoxy) is 2. The molecule has 1 aromatic rings. The van der Waals surface area contributed by atoms with Gasteiger partial charge < -0.3 is 14.8 Å². The SMILES string of the molecule is CCOC1(c2ncc(Br)c(NC)n2)CCOCC1. The fourth-order valence-electron chi connectivity index (χ4n) is 2.17. The maximum atomic E-state index is 5.95. The van der Waals surface area contributed by atoms with Crippen LogP contribution in [0.3, 0.4) is 0 Å². The Kier molecular flexibility index (Phi) is 4.53. The number of nitrogens with zero attached hydrogens (tertiary/aromatic N) is 2. The van der Waals surface area contributed by atoms with Crippen LogP contribution in [-0.4, -0.2) is 36.8 Å². The Morgan fingerprint density at radius 2 is 2.22 bits per heavy atom. The fraction of sp³-hybridized carbons (Fsp3) is 0.667. The lowest BCUT2D eigenvalue weighted by Crippen LogP contribution is -2.38. The van der Waals surface area contributed by atoms with Crippen molar-refractivity contribution in [3.8, 4) is 0 Å². The summed E-state index contributed by atoms with van der Waals surface area (Å²) in [5.41, 5.74) is -0.403. The number of aromatic nitrogens is 2. The topological polar surface area (TPSA) is 56.3 Å². The molecule has 1 aliphatic heterocycles. The van der Waals surface area contributed by atoms with Crippen LogP contribution in [0, 0.1) is 0 Å². The highest BCUT2D eigenvalue weighted by Gasteiger charge is 2.38. The highest BCUT2D eigenvalue weighted by Crippen LogP contribution is 2.35. The zero-order valence-electron chi connectivity index (χ0n) is 10.7. The average Bonchev–Trinajstić information content (AvgIpc) is 2.40. The highest BCUT2D eigenvalue weighted by molar-refractivity contribution is 9.10. The van der Waals surface area contributed by atoms with Gasteiger partial charge in [0.15, 0.2) is 5.82 Å². The predicted molar refractivity (Wildman–Crippen MR) is 72.6 cm³/mol. The number of hydrogen-bond donors (Lipinski definition) is 1. The summed E-state index contributed by atoms with van der Waals surface area (Å²) in [6.07, 6.45) is 3.36. The van der Waals surface area contributed by atoms with Gasteiger partial charge in [-0.1, -0.05) is 0 Å². The van der Waals surface area contributed by atoms with Crippen LogP contribution >= 0.6 is 15.9 Å². The molecule has 1 aliphatic rings. The monoisotopic (exact) mass is 315 g/mol. The van der Waals surface area contributed by atoms with Crippen molar-refractivity contribution in [1.29, 1.82) is 0 Å². The van der Waals surface area contributed by atoms with E-state index >= 15 is 0 Å². The molecule has 0 spiro atoms. The summed E-state index contributed by atoms with van der Waals surface area (Å²) >= 11 is 3.42. The molecular formula is C12H18BrN3O2. The third-order valence-corrected chi connectivity index (χ3v) is 3.69. The van der Waals surface area contributed by atoms with E-state index < -0.39 is 5.60 Å². The van der Waals surface area contributed by atoms with Crippen molar-refractivity contribution in [3.63, 3.8) is 0 Å². The van der Waals surface area contributed by atoms with E-state index in [0.29, 0.717) is 19.8 Å². The first kappa shape index (κ1) is 13.7. The third kappa shape index (κ3) is 2.65. The Balaban J connectivity index is 2.35. The van der Waals surface area contributed by atoms with Gasteiger partial charge in [0.25, 0.3) is 0 Å². The standard InChI is InChI=1S/C12H18BrN3O2/c1-3-18-12(4-6-17-7-5-12)11-15-8-9(13)10(14-2)16-11/h8H,3-7H2,1-2H3,(H,14,15,16). The molecule has 0 amide bonds. The van der Waals surface area contributed by atoms with Gasteiger partial charge in [-0.05, 0) is 22.9 Å². The summed E-state index contributed by atoms with van der Waals surface area (Å²) in [5.74, 6) is 1.52. The van der Waals surface area contributed by atoms with Gasteiger partial charge in [0.05, 0.1) is 4.47 Å². The third-order valence-electron chi connectivity index (χ3n) is 3.11. The van der Waals surface area contributed by atoms with Crippen LogP contribution in [0.4, 0.5) is 5.82 Å². The van der Waals surface area contributed by atoms with Crippen LogP contribution in [-0.2, 0) is 15.1 Å². The molecule has 0 aliphatic carbocycles. The molecule has 18 heavy (non-hydrogen) atoms. The molecule has 100 valence electrons. The molecule has 0 atom stereocenters. The van der Waals surface area contributed by atoms with Crippen LogP contribution in [0.5, 0.6) is 0 Å². The summed E-state index contributed by atoms with van der Waals surface area (Å²) in [6, 6.07) is 0. The van der Waals surface area contributed by atoms with Gasteiger partial charge in [0.1, 0.15) is 11.4 Å². The Labute approximate surface area is 115 Å². The van der Waals surface area contributed by atoms with E-state index in [2.05, 4.69) is 31.2 Å². The van der Waals surface area contributed by atoms with E-state index in [1.807, 2.05) is 14.0 Å². The molecule has 0 unspecified atom stereocenters. The zero-order valence-corrected chi connectivity index (χ0v) is 12.3. The molecule has 1 saturated heterocycles. The van der Waals surface area contributed by atoms with Crippen LogP contribution in [0.15, 0.2) is 10.7 Å². The summed E-state index contributed by atoms with van der Waals surface area (Å²) in [4.78, 5) is 8.98. The molecule has 6 heteroatoms. The average molecular weight is 316 g/mol. The lowest BCUT2D eigenvalue weighted by Gasteiger charge is -2.35. The molecule has 0 radical (unpaired) electrons. The molecule has 5 nitrogen and oxygen atoms in total. The van der Waals surface area contributed by atoms with Crippen molar-refractivity contribution in [2.24, 2.45) is 0 Å². The summed E-state index contributed by atoms with van der Waals surface area (Å²) in [5, 5.41) is 3.05. The van der Waals surface area contributed by atoms with Gasteiger partial charge in [-0.15, -0.1) is 0 Å². The largest absolute Gasteiger partial charge is 0.381 e. The van der Waals surface area contributed by atoms with Crippen molar-refractivity contribution in [3.05, 3.63) is 16.5 Å². The first-order chi connectivity index (χ1) is 8.72. The first-order valence-corrected chi connectivity index (χ1v) is 6.93. The summed E-state index contributed by atoms with van der Waals surface area (Å²) < 4.78 is 12.2. The normalized spacial score (nSPS) is 18.6. The first-order valence-electron chi connectivity index (χ1n) is 6.14. The lowest BCUT2D eigenvalue weighted by atomic mass is 9.93. The van der Waals surface area contributed by atoms with Gasteiger partial charge in [-0.3, -0.25) is 0 Å². The second-order valence-electron chi connectivity index (χ2n) is 4.18. The minimum absolute atomic E-state index is 0.403. The van der Waals surface area contributed by atoms with E-state index in [0.717, 1.165) is 29.0 Å². The molecule has 0 bridgehead atoms. The predicted octanol–water partition coefficient (Wildman–Crippen LogP) is 2.32. The van der Waals surface area contributed by atoms with Gasteiger partial charge in [0, 0.05) is 45.9 Å². The van der Waals surface area contributed by atoms with Crippen LogP contribution in [0.1, 0.15) is 25.6 Å². The highest BCUT2D eigenvalue weighted by atomic mass is 79.9. The van der Waals surface area contributed by atoms with Crippen LogP contribution < -0.4 is 5.32 Å². The van der Waals surface area contributed by atoms with E-state index in [1.165, 1.54) is 0 Å². The minimum atomic E-state index is -0.403. The van der Waals surface area contributed by atoms with Crippen LogP contribution in [0.2, 0.25) is 0 Å². The molecule has 0 saturated carbocycles. The van der Waals surface area contributed by atoms with Crippen molar-refractivity contribution >= 4 is 21.7 Å². The second kappa shape index (κ2) is 5.95. The quantitative estimate of drug-likeness (QED) is 0.924.